The van der Waals surface area contributed by atoms with Crippen LogP contribution in [0, 0.1) is 0 Å². The van der Waals surface area contributed by atoms with E-state index < -0.39 is 10.1 Å². The molecule has 0 aliphatic carbocycles. The summed E-state index contributed by atoms with van der Waals surface area (Å²) in [4.78, 5) is -0.358. The molecule has 2 aromatic carbocycles. The Morgan fingerprint density at radius 2 is 1.72 bits per heavy atom. The molecule has 0 spiro atoms. The van der Waals surface area contributed by atoms with Gasteiger partial charge in [-0.1, -0.05) is 0 Å². The normalized spacial score (nSPS) is 10.5. The molecule has 0 saturated heterocycles. The molecule has 2 aromatic rings. The number of aromatic hydroxyl groups is 1. The molecule has 0 radical (unpaired) electrons. The third-order valence-electron chi connectivity index (χ3n) is 2.23. The van der Waals surface area contributed by atoms with Gasteiger partial charge in [0.05, 0.1) is 4.90 Å². The predicted molar refractivity (Wildman–Crippen MR) is 62.1 cm³/mol. The Morgan fingerprint density at radius 3 is 2.28 bits per heavy atom. The number of fused-ring (bicyclic) bond motifs is 1. The molecule has 88 valence electrons. The third kappa shape index (κ3) is 3.85. The summed E-state index contributed by atoms with van der Waals surface area (Å²) in [5.74, 6) is -0.217. The Kier molecular flexibility index (Phi) is 6.66. The van der Waals surface area contributed by atoms with Gasteiger partial charge in [0.15, 0.2) is 0 Å². The maximum absolute atomic E-state index is 10.9. The van der Waals surface area contributed by atoms with Gasteiger partial charge < -0.3 is 13.7 Å². The summed E-state index contributed by atoms with van der Waals surface area (Å²) in [5, 5.41) is 10.5. The SMILES string of the molecule is Nc1ccc2c(O)cc(S(=O)(=O)O)cc2c1.[H-].[H-].[Na+].[Na+]. The van der Waals surface area contributed by atoms with E-state index in [1.807, 2.05) is 0 Å². The van der Waals surface area contributed by atoms with Gasteiger partial charge >= 0.3 is 59.1 Å². The quantitative estimate of drug-likeness (QED) is 0.279. The first kappa shape index (κ1) is 18.2. The fourth-order valence-corrected chi connectivity index (χ4v) is 2.03. The first-order valence-corrected chi connectivity index (χ1v) is 5.82. The fraction of sp³-hybridized carbons (Fsp3) is 0. The second kappa shape index (κ2) is 6.58. The summed E-state index contributed by atoms with van der Waals surface area (Å²) in [6.45, 7) is 0. The second-order valence-corrected chi connectivity index (χ2v) is 4.82. The topological polar surface area (TPSA) is 101 Å². The number of nitrogens with two attached hydrogens (primary N) is 1. The number of hydrogen-bond donors (Lipinski definition) is 3. The minimum Gasteiger partial charge on any atom is -1.00 e. The molecule has 0 aliphatic rings. The number of nitrogen functional groups attached to an aromatic ring is 1. The number of phenols is 1. The van der Waals surface area contributed by atoms with Crippen LogP contribution in [0.25, 0.3) is 10.8 Å². The van der Waals surface area contributed by atoms with Crippen LogP contribution in [0.1, 0.15) is 2.85 Å². The van der Waals surface area contributed by atoms with Crippen LogP contribution in [0.2, 0.25) is 0 Å². The van der Waals surface area contributed by atoms with E-state index >= 15 is 0 Å². The monoisotopic (exact) mass is 287 g/mol. The van der Waals surface area contributed by atoms with Crippen molar-refractivity contribution in [1.29, 1.82) is 0 Å². The van der Waals surface area contributed by atoms with Crippen molar-refractivity contribution in [1.82, 2.24) is 0 Å². The Labute approximate surface area is 152 Å². The zero-order valence-electron chi connectivity index (χ0n) is 12.1. The Morgan fingerprint density at radius 1 is 1.11 bits per heavy atom. The molecule has 8 heteroatoms. The van der Waals surface area contributed by atoms with Crippen LogP contribution in [0.3, 0.4) is 0 Å². The first-order valence-electron chi connectivity index (χ1n) is 4.38. The van der Waals surface area contributed by atoms with E-state index in [9.17, 15) is 13.5 Å². The van der Waals surface area contributed by atoms with Gasteiger partial charge in [0.25, 0.3) is 10.1 Å². The van der Waals surface area contributed by atoms with Crippen molar-refractivity contribution in [3.63, 3.8) is 0 Å². The van der Waals surface area contributed by atoms with Crippen molar-refractivity contribution in [2.24, 2.45) is 0 Å². The molecular formula is C10H11NNa2O4S. The van der Waals surface area contributed by atoms with E-state index in [4.69, 9.17) is 10.3 Å². The molecule has 0 heterocycles. The second-order valence-electron chi connectivity index (χ2n) is 3.40. The van der Waals surface area contributed by atoms with Gasteiger partial charge in [0, 0.05) is 17.1 Å². The smallest absolute Gasteiger partial charge is 1.00 e. The zero-order chi connectivity index (χ0) is 11.9. The summed E-state index contributed by atoms with van der Waals surface area (Å²) in [5.41, 5.74) is 5.98. The first-order chi connectivity index (χ1) is 7.38. The van der Waals surface area contributed by atoms with E-state index in [2.05, 4.69) is 0 Å². The minimum atomic E-state index is -4.33. The minimum absolute atomic E-state index is 0. The van der Waals surface area contributed by atoms with Crippen molar-refractivity contribution in [2.75, 3.05) is 5.73 Å². The van der Waals surface area contributed by atoms with Gasteiger partial charge in [-0.25, -0.2) is 0 Å². The Balaban J connectivity index is -0.000000722. The van der Waals surface area contributed by atoms with Crippen molar-refractivity contribution in [2.45, 2.75) is 4.90 Å². The number of benzene rings is 2. The molecule has 0 atom stereocenters. The van der Waals surface area contributed by atoms with Gasteiger partial charge in [-0.05, 0) is 29.7 Å². The molecule has 0 aromatic heterocycles. The molecule has 0 saturated carbocycles. The van der Waals surface area contributed by atoms with Gasteiger partial charge in [-0.15, -0.1) is 0 Å². The van der Waals surface area contributed by atoms with Gasteiger partial charge in [-0.2, -0.15) is 8.42 Å². The molecule has 0 amide bonds. The van der Waals surface area contributed by atoms with Crippen LogP contribution < -0.4 is 64.8 Å². The Hall–Kier alpha value is 0.210. The summed E-state index contributed by atoms with van der Waals surface area (Å²) in [7, 11) is -4.33. The molecule has 0 unspecified atom stereocenters. The number of hydrogen-bond acceptors (Lipinski definition) is 4. The standard InChI is InChI=1S/C10H9NO4S.2Na.2H/c11-7-1-2-9-6(3-7)4-8(5-10(9)12)16(13,14)15;;;;/h1-5,12H,11H2,(H,13,14,15);;;;/q;2*+1;2*-1. The maximum Gasteiger partial charge on any atom is 1.00 e. The molecular weight excluding hydrogens is 276 g/mol. The van der Waals surface area contributed by atoms with E-state index in [0.29, 0.717) is 16.5 Å². The zero-order valence-corrected chi connectivity index (χ0v) is 14.9. The predicted octanol–water partition coefficient (Wildman–Crippen LogP) is -4.39. The van der Waals surface area contributed by atoms with E-state index in [0.717, 1.165) is 6.07 Å². The maximum atomic E-state index is 10.9. The van der Waals surface area contributed by atoms with Crippen LogP contribution in [-0.2, 0) is 10.1 Å². The van der Waals surface area contributed by atoms with E-state index in [-0.39, 0.29) is 72.6 Å². The van der Waals surface area contributed by atoms with Gasteiger partial charge in [-0.3, -0.25) is 4.55 Å². The average Bonchev–Trinajstić information content (AvgIpc) is 2.15. The van der Waals surface area contributed by atoms with E-state index in [1.54, 1.807) is 12.1 Å². The summed E-state index contributed by atoms with van der Waals surface area (Å²) in [6.07, 6.45) is 0. The average molecular weight is 287 g/mol. The molecule has 0 fully saturated rings. The van der Waals surface area contributed by atoms with Crippen molar-refractivity contribution >= 4 is 26.6 Å². The van der Waals surface area contributed by atoms with E-state index in [1.165, 1.54) is 12.1 Å². The van der Waals surface area contributed by atoms with Crippen molar-refractivity contribution < 1.29 is 80.0 Å². The fourth-order valence-electron chi connectivity index (χ4n) is 1.49. The number of rotatable bonds is 1. The molecule has 18 heavy (non-hydrogen) atoms. The molecule has 5 nitrogen and oxygen atoms in total. The molecule has 0 aliphatic heterocycles. The third-order valence-corrected chi connectivity index (χ3v) is 3.06. The summed E-state index contributed by atoms with van der Waals surface area (Å²) < 4.78 is 30.7. The van der Waals surface area contributed by atoms with Gasteiger partial charge in [0.2, 0.25) is 0 Å². The largest absolute Gasteiger partial charge is 1.00 e. The van der Waals surface area contributed by atoms with Crippen LogP contribution in [0.4, 0.5) is 5.69 Å². The van der Waals surface area contributed by atoms with Gasteiger partial charge in [0.1, 0.15) is 5.75 Å². The van der Waals surface area contributed by atoms with Crippen molar-refractivity contribution in [3.05, 3.63) is 30.3 Å². The number of phenolic OH excluding ortho intramolecular Hbond substituents is 1. The van der Waals surface area contributed by atoms with Crippen molar-refractivity contribution in [3.8, 4) is 5.75 Å². The number of anilines is 1. The van der Waals surface area contributed by atoms with Crippen LogP contribution >= 0.6 is 0 Å². The molecule has 2 rings (SSSR count). The molecule has 0 bridgehead atoms. The van der Waals surface area contributed by atoms with Crippen LogP contribution in [0.5, 0.6) is 5.75 Å². The summed E-state index contributed by atoms with van der Waals surface area (Å²) >= 11 is 0. The van der Waals surface area contributed by atoms with Crippen LogP contribution in [-0.4, -0.2) is 18.1 Å². The summed E-state index contributed by atoms with van der Waals surface area (Å²) in [6, 6.07) is 6.93. The Bertz CT molecular complexity index is 682. The van der Waals surface area contributed by atoms with Crippen LogP contribution in [0.15, 0.2) is 35.2 Å². The molecule has 4 N–H and O–H groups in total.